The molecule has 0 spiro atoms. The lowest BCUT2D eigenvalue weighted by Gasteiger charge is -2.28. The summed E-state index contributed by atoms with van der Waals surface area (Å²) in [5.74, 6) is 1.04. The number of H-pyrrole nitrogens is 1. The van der Waals surface area contributed by atoms with Crippen molar-refractivity contribution in [1.29, 1.82) is 0 Å². The van der Waals surface area contributed by atoms with E-state index in [1.54, 1.807) is 18.3 Å². The predicted octanol–water partition coefficient (Wildman–Crippen LogP) is 2.10. The third-order valence-corrected chi connectivity index (χ3v) is 6.17. The summed E-state index contributed by atoms with van der Waals surface area (Å²) in [6, 6.07) is 7.98. The molecule has 3 aromatic rings. The largest absolute Gasteiger partial charge is 0.354 e. The zero-order valence-electron chi connectivity index (χ0n) is 19.9. The summed E-state index contributed by atoms with van der Waals surface area (Å²) < 4.78 is 25.2. The smallest absolute Gasteiger partial charge is 0.227 e. The van der Waals surface area contributed by atoms with E-state index in [0.29, 0.717) is 54.3 Å². The molecule has 11 heteroatoms. The quantitative estimate of drug-likeness (QED) is 0.335. The average molecular weight is 496 g/mol. The van der Waals surface area contributed by atoms with E-state index in [9.17, 15) is 9.18 Å². The number of carbonyl (C=O) groups excluding carboxylic acids is 1. The number of rotatable bonds is 10. The van der Waals surface area contributed by atoms with E-state index >= 15 is 0 Å². The van der Waals surface area contributed by atoms with Gasteiger partial charge in [-0.1, -0.05) is 0 Å². The van der Waals surface area contributed by atoms with E-state index < -0.39 is 6.29 Å². The maximum Gasteiger partial charge on any atom is 0.227 e. The number of hydrogen-bond acceptors (Lipinski definition) is 8. The van der Waals surface area contributed by atoms with E-state index in [1.165, 1.54) is 25.0 Å². The van der Waals surface area contributed by atoms with Crippen molar-refractivity contribution < 1.29 is 18.7 Å². The van der Waals surface area contributed by atoms with Crippen molar-refractivity contribution in [3.63, 3.8) is 0 Å². The highest BCUT2D eigenvalue weighted by molar-refractivity contribution is 5.79. The molecule has 1 amide bonds. The number of nitrogens with zero attached hydrogens (tertiary/aromatic N) is 3. The van der Waals surface area contributed by atoms with Crippen LogP contribution in [0, 0.1) is 17.7 Å². The number of imidazole rings is 1. The van der Waals surface area contributed by atoms with Crippen molar-refractivity contribution >= 4 is 11.9 Å². The summed E-state index contributed by atoms with van der Waals surface area (Å²) in [7, 11) is 0. The van der Waals surface area contributed by atoms with Crippen molar-refractivity contribution in [3.8, 4) is 22.6 Å². The van der Waals surface area contributed by atoms with Gasteiger partial charge in [-0.05, 0) is 49.1 Å². The summed E-state index contributed by atoms with van der Waals surface area (Å²) in [6.45, 7) is 2.15. The molecule has 190 valence electrons. The van der Waals surface area contributed by atoms with Crippen molar-refractivity contribution in [3.05, 3.63) is 48.2 Å². The Morgan fingerprint density at radius 2 is 1.92 bits per heavy atom. The van der Waals surface area contributed by atoms with Crippen LogP contribution < -0.4 is 16.4 Å². The molecule has 5 N–H and O–H groups in total. The van der Waals surface area contributed by atoms with Gasteiger partial charge in [-0.15, -0.1) is 0 Å². The Morgan fingerprint density at radius 1 is 1.14 bits per heavy atom. The van der Waals surface area contributed by atoms with Crippen LogP contribution in [-0.2, 0) is 20.7 Å². The Bertz CT molecular complexity index is 1170. The van der Waals surface area contributed by atoms with Gasteiger partial charge >= 0.3 is 0 Å². The molecular formula is C25H30FN7O3. The van der Waals surface area contributed by atoms with E-state index in [4.69, 9.17) is 20.2 Å². The topological polar surface area (TPSA) is 140 Å². The number of aromatic nitrogens is 4. The fourth-order valence-corrected chi connectivity index (χ4v) is 3.97. The van der Waals surface area contributed by atoms with Crippen molar-refractivity contribution in [2.24, 2.45) is 17.6 Å². The van der Waals surface area contributed by atoms with Gasteiger partial charge in [0.05, 0.1) is 42.6 Å². The number of benzene rings is 1. The van der Waals surface area contributed by atoms with Gasteiger partial charge in [-0.3, -0.25) is 4.79 Å². The molecule has 1 saturated carbocycles. The third kappa shape index (κ3) is 6.04. The second-order valence-electron chi connectivity index (χ2n) is 9.08. The number of aromatic amines is 1. The minimum atomic E-state index is -0.551. The number of anilines is 1. The first kappa shape index (κ1) is 24.3. The van der Waals surface area contributed by atoms with Crippen molar-refractivity contribution in [1.82, 2.24) is 25.3 Å². The Morgan fingerprint density at radius 3 is 2.64 bits per heavy atom. The highest BCUT2D eigenvalue weighted by Gasteiger charge is 2.29. The maximum absolute atomic E-state index is 13.6. The van der Waals surface area contributed by atoms with Gasteiger partial charge in [0.15, 0.2) is 6.29 Å². The van der Waals surface area contributed by atoms with E-state index in [1.807, 2.05) is 6.07 Å². The molecule has 1 aliphatic carbocycles. The Kier molecular flexibility index (Phi) is 7.49. The van der Waals surface area contributed by atoms with Gasteiger partial charge < -0.3 is 30.8 Å². The zero-order valence-corrected chi connectivity index (χ0v) is 19.9. The SMILES string of the molecule is NCCNC(=O)C1COC(Cc2nc(-c3ccc(F)cc3)c(-c3ccnc(NCC4CC4)n3)[nH]2)OC1. The van der Waals surface area contributed by atoms with Crippen LogP contribution in [-0.4, -0.2) is 65.0 Å². The van der Waals surface area contributed by atoms with Gasteiger partial charge in [-0.2, -0.15) is 0 Å². The molecule has 2 fully saturated rings. The Balaban J connectivity index is 1.33. The third-order valence-electron chi connectivity index (χ3n) is 6.17. The summed E-state index contributed by atoms with van der Waals surface area (Å²) >= 11 is 0. The molecule has 0 unspecified atom stereocenters. The number of nitrogens with two attached hydrogens (primary N) is 1. The van der Waals surface area contributed by atoms with Crippen LogP contribution in [0.4, 0.5) is 10.3 Å². The molecule has 5 rings (SSSR count). The minimum absolute atomic E-state index is 0.132. The molecule has 1 aliphatic heterocycles. The normalized spacial score (nSPS) is 19.7. The number of nitrogens with one attached hydrogen (secondary N) is 3. The molecule has 2 aromatic heterocycles. The first-order valence-corrected chi connectivity index (χ1v) is 12.2. The average Bonchev–Trinajstić information content (AvgIpc) is 3.65. The molecule has 0 radical (unpaired) electrons. The van der Waals surface area contributed by atoms with E-state index in [2.05, 4.69) is 25.6 Å². The predicted molar refractivity (Wildman–Crippen MR) is 131 cm³/mol. The molecular weight excluding hydrogens is 465 g/mol. The van der Waals surface area contributed by atoms with Crippen LogP contribution in [0.5, 0.6) is 0 Å². The van der Waals surface area contributed by atoms with Gasteiger partial charge in [0.2, 0.25) is 11.9 Å². The number of hydrogen-bond donors (Lipinski definition) is 4. The fraction of sp³-hybridized carbons (Fsp3) is 0.440. The van der Waals surface area contributed by atoms with Crippen LogP contribution >= 0.6 is 0 Å². The second kappa shape index (κ2) is 11.1. The van der Waals surface area contributed by atoms with E-state index in [0.717, 1.165) is 12.1 Å². The minimum Gasteiger partial charge on any atom is -0.354 e. The Hall–Kier alpha value is -3.41. The van der Waals surface area contributed by atoms with Crippen LogP contribution in [0.3, 0.4) is 0 Å². The van der Waals surface area contributed by atoms with Gasteiger partial charge in [0.25, 0.3) is 0 Å². The molecule has 3 heterocycles. The lowest BCUT2D eigenvalue weighted by atomic mass is 10.1. The monoisotopic (exact) mass is 495 g/mol. The van der Waals surface area contributed by atoms with Gasteiger partial charge in [0.1, 0.15) is 11.6 Å². The summed E-state index contributed by atoms with van der Waals surface area (Å²) in [4.78, 5) is 29.3. The van der Waals surface area contributed by atoms with Crippen molar-refractivity contribution in [2.75, 3.05) is 38.2 Å². The van der Waals surface area contributed by atoms with Gasteiger partial charge in [0, 0.05) is 31.4 Å². The number of ether oxygens (including phenoxy) is 2. The zero-order chi connectivity index (χ0) is 24.9. The summed E-state index contributed by atoms with van der Waals surface area (Å²) in [5.41, 5.74) is 8.20. The Labute approximate surface area is 208 Å². The number of halogens is 1. The molecule has 10 nitrogen and oxygen atoms in total. The lowest BCUT2D eigenvalue weighted by Crippen LogP contribution is -2.43. The van der Waals surface area contributed by atoms with Crippen LogP contribution in [0.1, 0.15) is 18.7 Å². The van der Waals surface area contributed by atoms with Gasteiger partial charge in [-0.25, -0.2) is 19.3 Å². The molecule has 2 aliphatic rings. The second-order valence-corrected chi connectivity index (χ2v) is 9.08. The standard InChI is InChI=1S/C25H30FN7O3/c26-18-5-3-16(4-6-18)22-23(19-7-9-29-25(31-19)30-12-15-1-2-15)33-20(32-22)11-21-35-13-17(14-36-21)24(34)28-10-8-27/h3-7,9,15,17,21H,1-2,8,10-14,27H2,(H,28,34)(H,32,33)(H,29,30,31). The van der Waals surface area contributed by atoms with Crippen LogP contribution in [0.15, 0.2) is 36.5 Å². The molecule has 0 bridgehead atoms. The number of amides is 1. The molecule has 0 atom stereocenters. The molecule has 36 heavy (non-hydrogen) atoms. The fourth-order valence-electron chi connectivity index (χ4n) is 3.97. The molecule has 1 saturated heterocycles. The first-order valence-electron chi connectivity index (χ1n) is 12.2. The van der Waals surface area contributed by atoms with Crippen molar-refractivity contribution in [2.45, 2.75) is 25.6 Å². The highest BCUT2D eigenvalue weighted by atomic mass is 19.1. The lowest BCUT2D eigenvalue weighted by molar-refractivity contribution is -0.200. The summed E-state index contributed by atoms with van der Waals surface area (Å²) in [5, 5.41) is 6.05. The number of carbonyl (C=O) groups is 1. The first-order chi connectivity index (χ1) is 17.6. The highest BCUT2D eigenvalue weighted by Crippen LogP contribution is 2.31. The van der Waals surface area contributed by atoms with Crippen LogP contribution in [0.2, 0.25) is 0 Å². The maximum atomic E-state index is 13.6. The molecule has 1 aromatic carbocycles. The van der Waals surface area contributed by atoms with E-state index in [-0.39, 0.29) is 30.9 Å². The van der Waals surface area contributed by atoms with Crippen LogP contribution in [0.25, 0.3) is 22.6 Å². The summed E-state index contributed by atoms with van der Waals surface area (Å²) in [6.07, 6.45) is 3.97.